The number of nitrogens with zero attached hydrogens (tertiary/aromatic N) is 2. The number of hydrogen-bond donors (Lipinski definition) is 4. The number of nitrogens with one attached hydrogen (secondary N) is 1. The first-order valence-corrected chi connectivity index (χ1v) is 12.0. The minimum absolute atomic E-state index is 0.0122. The third kappa shape index (κ3) is 10.4. The number of thioether (sulfide) groups is 1. The Balaban J connectivity index is 0.000000638. The molecule has 6 N–H and O–H groups in total. The van der Waals surface area contributed by atoms with Gasteiger partial charge in [0.05, 0.1) is 11.4 Å². The number of aliphatic imine (C=N–C) groups is 1. The normalized spacial score (nSPS) is 11.4. The van der Waals surface area contributed by atoms with Gasteiger partial charge in [-0.25, -0.2) is 4.99 Å². The number of allylic oxidation sites excluding steroid dienone is 1. The Morgan fingerprint density at radius 1 is 1.13 bits per heavy atom. The number of rotatable bonds is 9. The Morgan fingerprint density at radius 2 is 1.79 bits per heavy atom. The van der Waals surface area contributed by atoms with Gasteiger partial charge in [0.2, 0.25) is 5.78 Å². The molecule has 200 valence electrons. The number of aliphatic hydroxyl groups is 1. The number of aromatic nitrogens is 1. The number of carbonyl (C=O) groups excluding carboxylic acids is 1. The van der Waals surface area contributed by atoms with Gasteiger partial charge in [-0.3, -0.25) is 9.78 Å². The minimum atomic E-state index is -4.64. The van der Waals surface area contributed by atoms with Gasteiger partial charge >= 0.3 is 6.18 Å². The van der Waals surface area contributed by atoms with Gasteiger partial charge in [0.15, 0.2) is 5.96 Å². The molecule has 1 aromatic heterocycles. The van der Waals surface area contributed by atoms with Crippen molar-refractivity contribution in [1.82, 2.24) is 4.98 Å². The maximum absolute atomic E-state index is 10.8. The van der Waals surface area contributed by atoms with E-state index < -0.39 is 12.0 Å². The second kappa shape index (κ2) is 13.9. The van der Waals surface area contributed by atoms with Crippen LogP contribution >= 0.6 is 11.8 Å². The average Bonchev–Trinajstić information content (AvgIpc) is 2.84. The summed E-state index contributed by atoms with van der Waals surface area (Å²) in [4.78, 5) is 18.7. The van der Waals surface area contributed by atoms with Crippen LogP contribution in [0.3, 0.4) is 0 Å². The largest absolute Gasteiger partial charge is 0.513 e. The Hall–Kier alpha value is -4.25. The Morgan fingerprint density at radius 3 is 2.32 bits per heavy atom. The maximum atomic E-state index is 10.8. The van der Waals surface area contributed by atoms with Crippen molar-refractivity contribution in [1.29, 1.82) is 0 Å². The van der Waals surface area contributed by atoms with Gasteiger partial charge in [0, 0.05) is 47.3 Å². The first-order chi connectivity index (χ1) is 17.8. The van der Waals surface area contributed by atoms with E-state index in [-0.39, 0.29) is 17.0 Å². The summed E-state index contributed by atoms with van der Waals surface area (Å²) in [5.41, 5.74) is 15.1. The summed E-state index contributed by atoms with van der Waals surface area (Å²) >= 11 is 1.65. The lowest BCUT2D eigenvalue weighted by Crippen LogP contribution is -2.21. The van der Waals surface area contributed by atoms with Crippen molar-refractivity contribution in [2.75, 3.05) is 5.32 Å². The molecule has 3 aromatic rings. The molecule has 1 atom stereocenters. The zero-order chi connectivity index (χ0) is 28.3. The summed E-state index contributed by atoms with van der Waals surface area (Å²) in [5, 5.41) is 13.0. The van der Waals surface area contributed by atoms with Gasteiger partial charge in [-0.2, -0.15) is 13.2 Å². The zero-order valence-corrected chi connectivity index (χ0v) is 21.4. The van der Waals surface area contributed by atoms with E-state index in [1.54, 1.807) is 18.0 Å². The number of aliphatic hydroxyl groups excluding tert-OH is 1. The molecule has 2 aromatic carbocycles. The lowest BCUT2D eigenvalue weighted by Gasteiger charge is -2.17. The van der Waals surface area contributed by atoms with Crippen LogP contribution in [0.4, 0.5) is 24.5 Å². The van der Waals surface area contributed by atoms with Crippen molar-refractivity contribution in [3.05, 3.63) is 103 Å². The molecule has 0 aliphatic carbocycles. The second-order valence-electron chi connectivity index (χ2n) is 7.93. The Labute approximate surface area is 223 Å². The SMILES string of the molecule is C=C(O)CC(Sc1ccc(NC(=C)c2cccc(N=C(N)N)c2)cc1)c1cccnc1.CC(=O)C(F)(F)F. The highest BCUT2D eigenvalue weighted by molar-refractivity contribution is 7.99. The van der Waals surface area contributed by atoms with E-state index in [1.165, 1.54) is 0 Å². The van der Waals surface area contributed by atoms with E-state index >= 15 is 0 Å². The number of benzene rings is 2. The molecular formula is C27H28F3N5O2S. The van der Waals surface area contributed by atoms with Crippen LogP contribution in [0.2, 0.25) is 0 Å². The molecule has 0 radical (unpaired) electrons. The molecule has 0 saturated heterocycles. The number of alkyl halides is 3. The average molecular weight is 544 g/mol. The van der Waals surface area contributed by atoms with Crippen LogP contribution in [0, 0.1) is 0 Å². The minimum Gasteiger partial charge on any atom is -0.513 e. The summed E-state index contributed by atoms with van der Waals surface area (Å²) in [5.74, 6) is -1.59. The highest BCUT2D eigenvalue weighted by atomic mass is 32.2. The van der Waals surface area contributed by atoms with Crippen LogP contribution in [-0.4, -0.2) is 28.0 Å². The Bertz CT molecular complexity index is 1280. The fourth-order valence-electron chi connectivity index (χ4n) is 2.95. The van der Waals surface area contributed by atoms with E-state index in [2.05, 4.69) is 28.5 Å². The molecule has 0 aliphatic heterocycles. The lowest BCUT2D eigenvalue weighted by atomic mass is 10.1. The third-order valence-corrected chi connectivity index (χ3v) is 6.02. The number of Topliss-reactive ketones (excluding diaryl/α,β-unsaturated/α-hetero) is 1. The van der Waals surface area contributed by atoms with E-state index in [4.69, 9.17) is 11.5 Å². The standard InChI is InChI=1S/C24H25N5OS.C3H3F3O/c1-16(30)13-23(19-6-4-12-27-15-19)31-22-10-8-20(9-11-22)28-17(2)18-5-3-7-21(14-18)29-24(25)26;1-2(7)3(4,5)6/h3-12,14-15,23,28,30H,1-2,13H2,(H4,25,26,29);1H3. The predicted octanol–water partition coefficient (Wildman–Crippen LogP) is 6.50. The van der Waals surface area contributed by atoms with Gasteiger partial charge in [-0.05, 0) is 53.6 Å². The van der Waals surface area contributed by atoms with Crippen LogP contribution in [0.1, 0.15) is 29.7 Å². The van der Waals surface area contributed by atoms with Crippen LogP contribution in [0.15, 0.2) is 102 Å². The topological polar surface area (TPSA) is 127 Å². The first-order valence-electron chi connectivity index (χ1n) is 11.1. The van der Waals surface area contributed by atoms with Gasteiger partial charge in [-0.1, -0.05) is 31.4 Å². The number of halogens is 3. The molecule has 7 nitrogen and oxygen atoms in total. The van der Waals surface area contributed by atoms with E-state index in [1.807, 2.05) is 66.9 Å². The molecule has 0 saturated carbocycles. The van der Waals surface area contributed by atoms with Crippen molar-refractivity contribution in [3.8, 4) is 0 Å². The molecule has 0 amide bonds. The van der Waals surface area contributed by atoms with Crippen LogP contribution in [0.5, 0.6) is 0 Å². The quantitative estimate of drug-likeness (QED) is 0.105. The van der Waals surface area contributed by atoms with Gasteiger partial charge in [0.1, 0.15) is 0 Å². The monoisotopic (exact) mass is 543 g/mol. The van der Waals surface area contributed by atoms with Crippen molar-refractivity contribution < 1.29 is 23.1 Å². The molecule has 0 bridgehead atoms. The number of guanidine groups is 1. The van der Waals surface area contributed by atoms with Gasteiger partial charge < -0.3 is 21.9 Å². The van der Waals surface area contributed by atoms with Gasteiger partial charge in [0.25, 0.3) is 0 Å². The van der Waals surface area contributed by atoms with Gasteiger partial charge in [-0.15, -0.1) is 11.8 Å². The molecule has 38 heavy (non-hydrogen) atoms. The summed E-state index contributed by atoms with van der Waals surface area (Å²) < 4.78 is 32.5. The molecule has 0 spiro atoms. The molecule has 0 fully saturated rings. The Kier molecular flexibility index (Phi) is 11.0. The van der Waals surface area contributed by atoms with Crippen molar-refractivity contribution in [3.63, 3.8) is 0 Å². The van der Waals surface area contributed by atoms with Crippen LogP contribution in [0.25, 0.3) is 5.70 Å². The molecule has 11 heteroatoms. The number of carbonyl (C=O) groups is 1. The zero-order valence-electron chi connectivity index (χ0n) is 20.6. The molecule has 1 unspecified atom stereocenters. The summed E-state index contributed by atoms with van der Waals surface area (Å²) in [6.07, 6.45) is -0.629. The van der Waals surface area contributed by atoms with Crippen molar-refractivity contribution >= 4 is 40.6 Å². The number of ketones is 1. The first kappa shape index (κ1) is 30.0. The van der Waals surface area contributed by atoms with Crippen molar-refractivity contribution in [2.24, 2.45) is 16.5 Å². The second-order valence-corrected chi connectivity index (χ2v) is 9.21. The number of hydrogen-bond acceptors (Lipinski definition) is 6. The van der Waals surface area contributed by atoms with Crippen LogP contribution < -0.4 is 16.8 Å². The highest BCUT2D eigenvalue weighted by Gasteiger charge is 2.33. The predicted molar refractivity (Wildman–Crippen MR) is 147 cm³/mol. The van der Waals surface area contributed by atoms with E-state index in [9.17, 15) is 23.1 Å². The number of pyridine rings is 1. The molecule has 3 rings (SSSR count). The molecule has 1 heterocycles. The lowest BCUT2D eigenvalue weighted by molar-refractivity contribution is -0.168. The fourth-order valence-corrected chi connectivity index (χ4v) is 4.12. The molecular weight excluding hydrogens is 515 g/mol. The number of anilines is 1. The maximum Gasteiger partial charge on any atom is 0.449 e. The third-order valence-electron chi connectivity index (χ3n) is 4.76. The highest BCUT2D eigenvalue weighted by Crippen LogP contribution is 2.39. The fraction of sp³-hybridized carbons (Fsp3) is 0.148. The van der Waals surface area contributed by atoms with E-state index in [0.717, 1.165) is 27.4 Å². The summed E-state index contributed by atoms with van der Waals surface area (Å²) in [6.45, 7) is 8.24. The number of nitrogens with two attached hydrogens (primary N) is 2. The smallest absolute Gasteiger partial charge is 0.449 e. The van der Waals surface area contributed by atoms with Crippen LogP contribution in [-0.2, 0) is 4.79 Å². The summed E-state index contributed by atoms with van der Waals surface area (Å²) in [7, 11) is 0. The summed E-state index contributed by atoms with van der Waals surface area (Å²) in [6, 6.07) is 19.4. The van der Waals surface area contributed by atoms with Crippen molar-refractivity contribution in [2.45, 2.75) is 29.7 Å². The molecule has 0 aliphatic rings. The van der Waals surface area contributed by atoms with E-state index in [0.29, 0.717) is 19.0 Å².